The van der Waals surface area contributed by atoms with E-state index in [0.717, 1.165) is 44.6 Å². The van der Waals surface area contributed by atoms with Crippen LogP contribution in [0.15, 0.2) is 66.9 Å². The molecule has 0 unspecified atom stereocenters. The minimum Gasteiger partial charge on any atom is -0.303 e. The van der Waals surface area contributed by atoms with Crippen LogP contribution < -0.4 is 0 Å². The number of nitrogens with zero attached hydrogens (tertiary/aromatic N) is 2. The summed E-state index contributed by atoms with van der Waals surface area (Å²) in [5.74, 6) is 0. The third kappa shape index (κ3) is 3.28. The lowest BCUT2D eigenvalue weighted by molar-refractivity contribution is 1.02. The van der Waals surface area contributed by atoms with Crippen molar-refractivity contribution in [1.82, 2.24) is 9.38 Å². The van der Waals surface area contributed by atoms with Gasteiger partial charge in [-0.15, -0.1) is 0 Å². The first-order valence-electron chi connectivity index (χ1n) is 8.08. The van der Waals surface area contributed by atoms with Crippen molar-refractivity contribution in [2.24, 2.45) is 0 Å². The van der Waals surface area contributed by atoms with Gasteiger partial charge in [-0.05, 0) is 48.4 Å². The molecule has 0 radical (unpaired) electrons. The van der Waals surface area contributed by atoms with Crippen molar-refractivity contribution in [3.63, 3.8) is 0 Å². The van der Waals surface area contributed by atoms with Crippen molar-refractivity contribution in [2.75, 3.05) is 0 Å². The van der Waals surface area contributed by atoms with Crippen LogP contribution in [0.3, 0.4) is 0 Å². The maximum atomic E-state index is 6.17. The molecule has 0 N–H and O–H groups in total. The fourth-order valence-corrected chi connectivity index (χ4v) is 3.39. The molecule has 0 atom stereocenters. The molecule has 0 fully saturated rings. The van der Waals surface area contributed by atoms with Crippen LogP contribution in [0.5, 0.6) is 0 Å². The molecule has 0 aliphatic heterocycles. The van der Waals surface area contributed by atoms with Gasteiger partial charge in [0.15, 0.2) is 0 Å². The number of rotatable bonds is 3. The largest absolute Gasteiger partial charge is 0.303 e. The highest BCUT2D eigenvalue weighted by molar-refractivity contribution is 6.30. The fraction of sp³-hybridized carbons (Fsp3) is 0.0952. The van der Waals surface area contributed by atoms with Crippen LogP contribution in [0.1, 0.15) is 16.8 Å². The van der Waals surface area contributed by atoms with Gasteiger partial charge in [0.05, 0.1) is 11.4 Å². The van der Waals surface area contributed by atoms with E-state index < -0.39 is 0 Å². The van der Waals surface area contributed by atoms with Crippen LogP contribution in [0, 0.1) is 6.92 Å². The van der Waals surface area contributed by atoms with E-state index in [1.165, 1.54) is 5.56 Å². The van der Waals surface area contributed by atoms with Crippen LogP contribution >= 0.6 is 23.2 Å². The first-order valence-corrected chi connectivity index (χ1v) is 8.84. The van der Waals surface area contributed by atoms with Crippen LogP contribution in [-0.4, -0.2) is 9.38 Å². The Bertz CT molecular complexity index is 1050. The van der Waals surface area contributed by atoms with E-state index in [2.05, 4.69) is 35.7 Å². The Labute approximate surface area is 156 Å². The van der Waals surface area contributed by atoms with Crippen molar-refractivity contribution in [3.8, 4) is 11.3 Å². The molecule has 4 rings (SSSR count). The number of aromatic nitrogens is 2. The van der Waals surface area contributed by atoms with E-state index in [1.54, 1.807) is 0 Å². The van der Waals surface area contributed by atoms with Gasteiger partial charge in [0.1, 0.15) is 5.65 Å². The number of hydrogen-bond donors (Lipinski definition) is 0. The number of pyridine rings is 1. The van der Waals surface area contributed by atoms with Gasteiger partial charge in [-0.3, -0.25) is 0 Å². The second-order valence-corrected chi connectivity index (χ2v) is 7.03. The zero-order valence-electron chi connectivity index (χ0n) is 13.7. The number of benzene rings is 2. The zero-order valence-corrected chi connectivity index (χ0v) is 15.2. The fourth-order valence-electron chi connectivity index (χ4n) is 3.05. The lowest BCUT2D eigenvalue weighted by Crippen LogP contribution is -1.97. The molecule has 0 aliphatic carbocycles. The van der Waals surface area contributed by atoms with E-state index in [0.29, 0.717) is 0 Å². The molecule has 0 saturated carbocycles. The van der Waals surface area contributed by atoms with Gasteiger partial charge in [-0.2, -0.15) is 0 Å². The second-order valence-electron chi connectivity index (χ2n) is 6.16. The summed E-state index contributed by atoms with van der Waals surface area (Å²) in [4.78, 5) is 4.86. The van der Waals surface area contributed by atoms with E-state index >= 15 is 0 Å². The Morgan fingerprint density at radius 3 is 2.48 bits per heavy atom. The average molecular weight is 367 g/mol. The lowest BCUT2D eigenvalue weighted by atomic mass is 10.0. The van der Waals surface area contributed by atoms with Gasteiger partial charge in [-0.1, -0.05) is 53.5 Å². The van der Waals surface area contributed by atoms with Crippen molar-refractivity contribution in [3.05, 3.63) is 93.7 Å². The van der Waals surface area contributed by atoms with Gasteiger partial charge in [0.2, 0.25) is 0 Å². The maximum Gasteiger partial charge on any atom is 0.137 e. The summed E-state index contributed by atoms with van der Waals surface area (Å²) in [6, 6.07) is 19.9. The van der Waals surface area contributed by atoms with E-state index in [1.807, 2.05) is 42.5 Å². The predicted octanol–water partition coefficient (Wildman–Crippen LogP) is 6.21. The molecule has 0 saturated heterocycles. The molecular formula is C21H16Cl2N2. The minimum atomic E-state index is 0.722. The van der Waals surface area contributed by atoms with Crippen LogP contribution in [0.4, 0.5) is 0 Å². The molecular weight excluding hydrogens is 351 g/mol. The zero-order chi connectivity index (χ0) is 17.4. The van der Waals surface area contributed by atoms with E-state index in [-0.39, 0.29) is 0 Å². The summed E-state index contributed by atoms with van der Waals surface area (Å²) in [6.07, 6.45) is 2.88. The molecule has 2 heterocycles. The Balaban J connectivity index is 1.91. The van der Waals surface area contributed by atoms with Crippen LogP contribution in [0.2, 0.25) is 10.0 Å². The monoisotopic (exact) mass is 366 g/mol. The first-order chi connectivity index (χ1) is 12.1. The van der Waals surface area contributed by atoms with Gasteiger partial charge in [0, 0.05) is 28.2 Å². The molecule has 4 heteroatoms. The quantitative estimate of drug-likeness (QED) is 0.421. The molecule has 0 aliphatic rings. The summed E-state index contributed by atoms with van der Waals surface area (Å²) in [7, 11) is 0. The number of aryl methyl sites for hydroxylation is 1. The molecule has 124 valence electrons. The molecule has 0 amide bonds. The maximum absolute atomic E-state index is 6.17. The predicted molar refractivity (Wildman–Crippen MR) is 105 cm³/mol. The van der Waals surface area contributed by atoms with E-state index in [4.69, 9.17) is 28.2 Å². The summed E-state index contributed by atoms with van der Waals surface area (Å²) in [5, 5.41) is 1.47. The SMILES string of the molecule is Cc1ccc2nc(-c3ccc(Cl)cc3)c(Cc3cccc(Cl)c3)n2c1. The van der Waals surface area contributed by atoms with E-state index in [9.17, 15) is 0 Å². The summed E-state index contributed by atoms with van der Waals surface area (Å²) in [5.41, 5.74) is 6.46. The Morgan fingerprint density at radius 1 is 0.920 bits per heavy atom. The number of imidazole rings is 1. The highest BCUT2D eigenvalue weighted by Gasteiger charge is 2.15. The second kappa shape index (κ2) is 6.55. The summed E-state index contributed by atoms with van der Waals surface area (Å²) in [6.45, 7) is 2.09. The first kappa shape index (κ1) is 16.2. The number of hydrogen-bond acceptors (Lipinski definition) is 1. The van der Waals surface area contributed by atoms with Crippen molar-refractivity contribution in [2.45, 2.75) is 13.3 Å². The van der Waals surface area contributed by atoms with Gasteiger partial charge in [-0.25, -0.2) is 4.98 Å². The Morgan fingerprint density at radius 2 is 1.72 bits per heavy atom. The van der Waals surface area contributed by atoms with Gasteiger partial charge in [0.25, 0.3) is 0 Å². The Hall–Kier alpha value is -2.29. The lowest BCUT2D eigenvalue weighted by Gasteiger charge is -2.07. The molecule has 4 aromatic rings. The van der Waals surface area contributed by atoms with Crippen molar-refractivity contribution >= 4 is 28.8 Å². The third-order valence-corrected chi connectivity index (χ3v) is 4.73. The smallest absolute Gasteiger partial charge is 0.137 e. The van der Waals surface area contributed by atoms with Crippen LogP contribution in [-0.2, 0) is 6.42 Å². The molecule has 2 aromatic heterocycles. The van der Waals surface area contributed by atoms with Crippen molar-refractivity contribution < 1.29 is 0 Å². The average Bonchev–Trinajstić information content (AvgIpc) is 2.93. The highest BCUT2D eigenvalue weighted by atomic mass is 35.5. The minimum absolute atomic E-state index is 0.722. The van der Waals surface area contributed by atoms with Crippen LogP contribution in [0.25, 0.3) is 16.9 Å². The summed E-state index contributed by atoms with van der Waals surface area (Å²) < 4.78 is 2.17. The van der Waals surface area contributed by atoms with Crippen molar-refractivity contribution in [1.29, 1.82) is 0 Å². The molecule has 0 spiro atoms. The standard InChI is InChI=1S/C21H16Cl2N2/c1-14-5-10-20-24-21(16-6-8-17(22)9-7-16)19(25(20)13-14)12-15-3-2-4-18(23)11-15/h2-11,13H,12H2,1H3. The molecule has 2 nitrogen and oxygen atoms in total. The topological polar surface area (TPSA) is 17.3 Å². The van der Waals surface area contributed by atoms with Gasteiger partial charge >= 0.3 is 0 Å². The molecule has 0 bridgehead atoms. The normalized spacial score (nSPS) is 11.2. The summed E-state index contributed by atoms with van der Waals surface area (Å²) >= 11 is 12.2. The van der Waals surface area contributed by atoms with Gasteiger partial charge < -0.3 is 4.40 Å². The Kier molecular flexibility index (Phi) is 4.24. The number of halogens is 2. The molecule has 25 heavy (non-hydrogen) atoms. The third-order valence-electron chi connectivity index (χ3n) is 4.24. The highest BCUT2D eigenvalue weighted by Crippen LogP contribution is 2.28. The molecule has 2 aromatic carbocycles. The number of fused-ring (bicyclic) bond motifs is 1.